The second kappa shape index (κ2) is 5.82. The Morgan fingerprint density at radius 1 is 1.19 bits per heavy atom. The zero-order chi connectivity index (χ0) is 14.8. The summed E-state index contributed by atoms with van der Waals surface area (Å²) in [5, 5.41) is 3.46. The van der Waals surface area contributed by atoms with Gasteiger partial charge >= 0.3 is 0 Å². The molecule has 0 bridgehead atoms. The Labute approximate surface area is 126 Å². The number of nitrogens with zero attached hydrogens (tertiary/aromatic N) is 3. The summed E-state index contributed by atoms with van der Waals surface area (Å²) >= 11 is 0. The van der Waals surface area contributed by atoms with Crippen molar-refractivity contribution >= 4 is 11.6 Å². The summed E-state index contributed by atoms with van der Waals surface area (Å²) in [7, 11) is 0. The molecule has 0 aliphatic carbocycles. The van der Waals surface area contributed by atoms with E-state index in [0.29, 0.717) is 5.92 Å². The molecule has 0 spiro atoms. The molecular formula is C17H22N4. The van der Waals surface area contributed by atoms with Gasteiger partial charge in [-0.2, -0.15) is 0 Å². The van der Waals surface area contributed by atoms with Crippen LogP contribution in [-0.2, 0) is 6.54 Å². The molecule has 0 saturated carbocycles. The molecule has 3 rings (SSSR count). The molecule has 1 aliphatic rings. The van der Waals surface area contributed by atoms with Crippen molar-refractivity contribution in [3.8, 4) is 0 Å². The van der Waals surface area contributed by atoms with Gasteiger partial charge < -0.3 is 10.2 Å². The van der Waals surface area contributed by atoms with Crippen LogP contribution >= 0.6 is 0 Å². The number of aryl methyl sites for hydroxylation is 1. The predicted octanol–water partition coefficient (Wildman–Crippen LogP) is 3.15. The van der Waals surface area contributed by atoms with E-state index in [1.807, 2.05) is 6.92 Å². The molecule has 0 amide bonds. The van der Waals surface area contributed by atoms with Crippen LogP contribution in [0, 0.1) is 6.92 Å². The Kier molecular flexibility index (Phi) is 3.88. The van der Waals surface area contributed by atoms with Gasteiger partial charge in [-0.1, -0.05) is 32.0 Å². The lowest BCUT2D eigenvalue weighted by Gasteiger charge is -2.23. The number of hydrogen-bond donors (Lipinski definition) is 1. The maximum atomic E-state index is 4.78. The van der Waals surface area contributed by atoms with E-state index in [2.05, 4.69) is 59.4 Å². The second-order valence-electron chi connectivity index (χ2n) is 5.85. The predicted molar refractivity (Wildman–Crippen MR) is 86.0 cm³/mol. The second-order valence-corrected chi connectivity index (χ2v) is 5.85. The molecule has 0 radical (unpaired) electrons. The van der Waals surface area contributed by atoms with Crippen molar-refractivity contribution in [2.75, 3.05) is 18.0 Å². The molecule has 0 saturated heterocycles. The van der Waals surface area contributed by atoms with Crippen LogP contribution in [0.1, 0.15) is 36.7 Å². The average molecular weight is 282 g/mol. The number of rotatable bonds is 2. The van der Waals surface area contributed by atoms with Gasteiger partial charge in [-0.3, -0.25) is 0 Å². The number of fused-ring (bicyclic) bond motifs is 1. The lowest BCUT2D eigenvalue weighted by molar-refractivity contribution is 0.706. The summed E-state index contributed by atoms with van der Waals surface area (Å²) < 4.78 is 0. The maximum Gasteiger partial charge on any atom is 0.230 e. The largest absolute Gasteiger partial charge is 0.311 e. The highest BCUT2D eigenvalue weighted by atomic mass is 15.3. The molecule has 4 heteroatoms. The monoisotopic (exact) mass is 282 g/mol. The molecule has 21 heavy (non-hydrogen) atoms. The first-order chi connectivity index (χ1) is 10.1. The van der Waals surface area contributed by atoms with Crippen LogP contribution in [0.5, 0.6) is 0 Å². The summed E-state index contributed by atoms with van der Waals surface area (Å²) in [5.41, 5.74) is 4.64. The molecule has 2 aromatic rings. The summed E-state index contributed by atoms with van der Waals surface area (Å²) in [4.78, 5) is 11.7. The molecule has 110 valence electrons. The number of para-hydroxylation sites is 1. The zero-order valence-corrected chi connectivity index (χ0v) is 12.9. The van der Waals surface area contributed by atoms with Gasteiger partial charge in [0.05, 0.1) is 0 Å². The van der Waals surface area contributed by atoms with Crippen molar-refractivity contribution in [3.63, 3.8) is 0 Å². The normalized spacial score (nSPS) is 15.0. The fraction of sp³-hybridized carbons (Fsp3) is 0.412. The summed E-state index contributed by atoms with van der Waals surface area (Å²) in [6, 6.07) is 10.6. The molecule has 1 N–H and O–H groups in total. The number of hydrogen-bond acceptors (Lipinski definition) is 4. The third-order valence-corrected chi connectivity index (χ3v) is 3.81. The Hall–Kier alpha value is -1.94. The molecule has 0 atom stereocenters. The number of benzene rings is 1. The Morgan fingerprint density at radius 2 is 2.00 bits per heavy atom. The Balaban J connectivity index is 2.07. The summed E-state index contributed by atoms with van der Waals surface area (Å²) in [5.74, 6) is 1.22. The first-order valence-corrected chi connectivity index (χ1v) is 7.57. The smallest absolute Gasteiger partial charge is 0.230 e. The fourth-order valence-electron chi connectivity index (χ4n) is 2.66. The third kappa shape index (κ3) is 2.90. The van der Waals surface area contributed by atoms with Crippen molar-refractivity contribution in [1.29, 1.82) is 0 Å². The van der Waals surface area contributed by atoms with Gasteiger partial charge in [0.1, 0.15) is 0 Å². The van der Waals surface area contributed by atoms with Gasteiger partial charge in [0, 0.05) is 36.7 Å². The summed E-state index contributed by atoms with van der Waals surface area (Å²) in [6.45, 7) is 9.10. The van der Waals surface area contributed by atoms with E-state index in [-0.39, 0.29) is 0 Å². The average Bonchev–Trinajstić information content (AvgIpc) is 2.69. The van der Waals surface area contributed by atoms with Crippen molar-refractivity contribution in [3.05, 3.63) is 47.3 Å². The molecule has 0 fully saturated rings. The van der Waals surface area contributed by atoms with Crippen molar-refractivity contribution in [2.45, 2.75) is 33.2 Å². The quantitative estimate of drug-likeness (QED) is 0.918. The summed E-state index contributed by atoms with van der Waals surface area (Å²) in [6.07, 6.45) is 0. The molecule has 1 aromatic carbocycles. The van der Waals surface area contributed by atoms with E-state index in [4.69, 9.17) is 4.98 Å². The Morgan fingerprint density at radius 3 is 2.81 bits per heavy atom. The lowest BCUT2D eigenvalue weighted by Crippen LogP contribution is -2.26. The highest BCUT2D eigenvalue weighted by Crippen LogP contribution is 2.28. The molecule has 1 aromatic heterocycles. The SMILES string of the molecule is Cc1cc(C(C)C)nc(N2CCNCc3ccccc32)n1. The first-order valence-electron chi connectivity index (χ1n) is 7.57. The molecular weight excluding hydrogens is 260 g/mol. The molecule has 2 heterocycles. The number of aromatic nitrogens is 2. The minimum absolute atomic E-state index is 0.408. The Bertz CT molecular complexity index is 636. The molecule has 0 unspecified atom stereocenters. The van der Waals surface area contributed by atoms with Crippen molar-refractivity contribution in [1.82, 2.24) is 15.3 Å². The van der Waals surface area contributed by atoms with E-state index in [1.54, 1.807) is 0 Å². The lowest BCUT2D eigenvalue weighted by atomic mass is 10.1. The standard InChI is InChI=1S/C17H22N4/c1-12(2)15-10-13(3)19-17(20-15)21-9-8-18-11-14-6-4-5-7-16(14)21/h4-7,10,12,18H,8-9,11H2,1-3H3. The zero-order valence-electron chi connectivity index (χ0n) is 12.9. The van der Waals surface area contributed by atoms with Crippen LogP contribution in [0.3, 0.4) is 0 Å². The van der Waals surface area contributed by atoms with Gasteiger partial charge in [-0.05, 0) is 30.5 Å². The van der Waals surface area contributed by atoms with E-state index in [1.165, 1.54) is 11.3 Å². The molecule has 4 nitrogen and oxygen atoms in total. The van der Waals surface area contributed by atoms with Crippen LogP contribution in [0.4, 0.5) is 11.6 Å². The van der Waals surface area contributed by atoms with Gasteiger partial charge in [0.15, 0.2) is 0 Å². The highest BCUT2D eigenvalue weighted by Gasteiger charge is 2.19. The number of anilines is 2. The van der Waals surface area contributed by atoms with E-state index in [0.717, 1.165) is 37.0 Å². The van der Waals surface area contributed by atoms with Crippen LogP contribution in [-0.4, -0.2) is 23.1 Å². The molecule has 1 aliphatic heterocycles. The van der Waals surface area contributed by atoms with Gasteiger partial charge in [-0.15, -0.1) is 0 Å². The van der Waals surface area contributed by atoms with Crippen LogP contribution in [0.15, 0.2) is 30.3 Å². The first kappa shape index (κ1) is 14.0. The number of nitrogens with one attached hydrogen (secondary N) is 1. The van der Waals surface area contributed by atoms with Gasteiger partial charge in [0.25, 0.3) is 0 Å². The van der Waals surface area contributed by atoms with Gasteiger partial charge in [-0.25, -0.2) is 9.97 Å². The van der Waals surface area contributed by atoms with Crippen LogP contribution in [0.25, 0.3) is 0 Å². The van der Waals surface area contributed by atoms with Gasteiger partial charge in [0.2, 0.25) is 5.95 Å². The topological polar surface area (TPSA) is 41.1 Å². The maximum absolute atomic E-state index is 4.78. The van der Waals surface area contributed by atoms with Crippen molar-refractivity contribution in [2.24, 2.45) is 0 Å². The van der Waals surface area contributed by atoms with E-state index >= 15 is 0 Å². The van der Waals surface area contributed by atoms with E-state index < -0.39 is 0 Å². The van der Waals surface area contributed by atoms with Crippen LogP contribution < -0.4 is 10.2 Å². The van der Waals surface area contributed by atoms with Crippen molar-refractivity contribution < 1.29 is 0 Å². The highest BCUT2D eigenvalue weighted by molar-refractivity contribution is 5.62. The fourth-order valence-corrected chi connectivity index (χ4v) is 2.66. The minimum Gasteiger partial charge on any atom is -0.311 e. The van der Waals surface area contributed by atoms with Crippen LogP contribution in [0.2, 0.25) is 0 Å². The van der Waals surface area contributed by atoms with E-state index in [9.17, 15) is 0 Å². The third-order valence-electron chi connectivity index (χ3n) is 3.81. The minimum atomic E-state index is 0.408.